The number of benzene rings is 3. The van der Waals surface area contributed by atoms with Gasteiger partial charge < -0.3 is 9.73 Å². The zero-order valence-corrected chi connectivity index (χ0v) is 19.4. The molecule has 3 aromatic carbocycles. The number of nitrogens with one attached hydrogen (secondary N) is 2. The van der Waals surface area contributed by atoms with Crippen LogP contribution >= 0.6 is 0 Å². The maximum atomic E-state index is 12.7. The van der Waals surface area contributed by atoms with E-state index >= 15 is 0 Å². The monoisotopic (exact) mass is 498 g/mol. The number of nitrogens with zero attached hydrogens (tertiary/aromatic N) is 2. The van der Waals surface area contributed by atoms with Crippen LogP contribution in [0.1, 0.15) is 10.4 Å². The van der Waals surface area contributed by atoms with Crippen molar-refractivity contribution < 1.29 is 17.6 Å². The van der Waals surface area contributed by atoms with Crippen LogP contribution in [0.3, 0.4) is 0 Å². The molecule has 2 aromatic heterocycles. The highest BCUT2D eigenvalue weighted by Gasteiger charge is 2.15. The highest BCUT2D eigenvalue weighted by molar-refractivity contribution is 7.92. The first-order valence-corrected chi connectivity index (χ1v) is 12.2. The number of para-hydroxylation sites is 3. The largest absolute Gasteiger partial charge is 0.422 e. The van der Waals surface area contributed by atoms with Crippen LogP contribution in [0.4, 0.5) is 11.5 Å². The van der Waals surface area contributed by atoms with Crippen molar-refractivity contribution in [2.75, 3.05) is 10.0 Å². The number of sulfonamides is 1. The predicted octanol–water partition coefficient (Wildman–Crippen LogP) is 4.35. The van der Waals surface area contributed by atoms with E-state index < -0.39 is 21.4 Å². The summed E-state index contributed by atoms with van der Waals surface area (Å²) < 4.78 is 33.1. The number of carbonyl (C=O) groups is 1. The van der Waals surface area contributed by atoms with Gasteiger partial charge in [-0.1, -0.05) is 30.3 Å². The molecule has 0 fully saturated rings. The van der Waals surface area contributed by atoms with Gasteiger partial charge in [0.05, 0.1) is 22.1 Å². The van der Waals surface area contributed by atoms with Gasteiger partial charge in [0.15, 0.2) is 11.6 Å². The van der Waals surface area contributed by atoms with E-state index in [1.807, 2.05) is 6.07 Å². The Hall–Kier alpha value is -4.83. The molecule has 5 rings (SSSR count). The minimum Gasteiger partial charge on any atom is -0.422 e. The van der Waals surface area contributed by atoms with E-state index in [1.165, 1.54) is 36.7 Å². The van der Waals surface area contributed by atoms with Crippen LogP contribution in [-0.4, -0.2) is 24.2 Å². The summed E-state index contributed by atoms with van der Waals surface area (Å²) in [5.41, 5.74) is 1.36. The average Bonchev–Trinajstić information content (AvgIpc) is 2.88. The first-order valence-electron chi connectivity index (χ1n) is 10.7. The van der Waals surface area contributed by atoms with Crippen molar-refractivity contribution in [3.05, 3.63) is 113 Å². The van der Waals surface area contributed by atoms with Crippen LogP contribution in [0.25, 0.3) is 22.0 Å². The van der Waals surface area contributed by atoms with E-state index in [9.17, 15) is 18.0 Å². The molecule has 9 nitrogen and oxygen atoms in total. The van der Waals surface area contributed by atoms with Crippen LogP contribution in [0, 0.1) is 0 Å². The summed E-state index contributed by atoms with van der Waals surface area (Å²) in [6.07, 6.45) is 3.92. The number of hydrogen-bond donors (Lipinski definition) is 2. The number of allylic oxidation sites excluding steroid dienone is 1. The number of carbonyl (C=O) groups excluding carboxylic acids is 1. The minimum absolute atomic E-state index is 0.0248. The Morgan fingerprint density at radius 3 is 2.44 bits per heavy atom. The molecule has 0 aliphatic carbocycles. The standard InChI is InChI=1S/C26H18N4O5S/c31-23(20-15-17-5-1-4-8-24(17)35-26(20)32)13-14-27-18-9-11-19(12-10-18)36(33,34)30-25-16-28-21-6-2-3-7-22(21)29-25/h1-16,27H,(H,29,30)/b14-13-. The fourth-order valence-electron chi connectivity index (χ4n) is 3.47. The number of rotatable bonds is 7. The molecule has 0 radical (unpaired) electrons. The lowest BCUT2D eigenvalue weighted by atomic mass is 10.1. The van der Waals surface area contributed by atoms with E-state index in [-0.39, 0.29) is 16.3 Å². The summed E-state index contributed by atoms with van der Waals surface area (Å²) in [5, 5.41) is 3.52. The van der Waals surface area contributed by atoms with Gasteiger partial charge in [-0.3, -0.25) is 14.5 Å². The highest BCUT2D eigenvalue weighted by Crippen LogP contribution is 2.19. The fourth-order valence-corrected chi connectivity index (χ4v) is 4.46. The Morgan fingerprint density at radius 2 is 1.64 bits per heavy atom. The molecule has 0 aliphatic rings. The maximum Gasteiger partial charge on any atom is 0.347 e. The molecule has 2 N–H and O–H groups in total. The number of ketones is 1. The van der Waals surface area contributed by atoms with Crippen molar-refractivity contribution in [1.82, 2.24) is 9.97 Å². The number of anilines is 2. The Kier molecular flexibility index (Phi) is 6.01. The van der Waals surface area contributed by atoms with Gasteiger partial charge in [0, 0.05) is 23.3 Å². The van der Waals surface area contributed by atoms with Crippen LogP contribution in [0.5, 0.6) is 0 Å². The third-order valence-electron chi connectivity index (χ3n) is 5.24. The summed E-state index contributed by atoms with van der Waals surface area (Å²) in [7, 11) is -3.89. The molecular formula is C26H18N4O5S. The SMILES string of the molecule is O=C(/C=C\Nc1ccc(S(=O)(=O)Nc2cnc3ccccc3n2)cc1)c1cc2ccccc2oc1=O. The molecule has 0 unspecified atom stereocenters. The molecule has 0 aliphatic heterocycles. The minimum atomic E-state index is -3.89. The molecule has 10 heteroatoms. The molecule has 0 spiro atoms. The van der Waals surface area contributed by atoms with E-state index in [4.69, 9.17) is 4.42 Å². The second kappa shape index (κ2) is 9.43. The van der Waals surface area contributed by atoms with E-state index in [2.05, 4.69) is 20.0 Å². The Morgan fingerprint density at radius 1 is 0.917 bits per heavy atom. The Balaban J connectivity index is 1.26. The number of hydrogen-bond acceptors (Lipinski definition) is 8. The molecule has 2 heterocycles. The molecule has 0 bridgehead atoms. The normalized spacial score (nSPS) is 11.7. The van der Waals surface area contributed by atoms with Gasteiger partial charge in [0.1, 0.15) is 11.1 Å². The maximum absolute atomic E-state index is 12.7. The quantitative estimate of drug-likeness (QED) is 0.192. The van der Waals surface area contributed by atoms with Crippen molar-refractivity contribution in [3.63, 3.8) is 0 Å². The van der Waals surface area contributed by atoms with Crippen molar-refractivity contribution in [3.8, 4) is 0 Å². The molecule has 0 saturated heterocycles. The van der Waals surface area contributed by atoms with Gasteiger partial charge in [-0.2, -0.15) is 0 Å². The van der Waals surface area contributed by atoms with Crippen LogP contribution in [0.15, 0.2) is 111 Å². The summed E-state index contributed by atoms with van der Waals surface area (Å²) >= 11 is 0. The molecule has 0 saturated carbocycles. The van der Waals surface area contributed by atoms with Crippen molar-refractivity contribution >= 4 is 49.3 Å². The summed E-state index contributed by atoms with van der Waals surface area (Å²) in [6, 6.07) is 21.4. The lowest BCUT2D eigenvalue weighted by molar-refractivity contribution is 0.104. The predicted molar refractivity (Wildman–Crippen MR) is 136 cm³/mol. The van der Waals surface area contributed by atoms with Gasteiger partial charge in [-0.25, -0.2) is 18.2 Å². The third-order valence-corrected chi connectivity index (χ3v) is 6.61. The summed E-state index contributed by atoms with van der Waals surface area (Å²) in [5.74, 6) is -0.419. The molecule has 36 heavy (non-hydrogen) atoms. The second-order valence-corrected chi connectivity index (χ2v) is 9.38. The summed E-state index contributed by atoms with van der Waals surface area (Å²) in [4.78, 5) is 33.1. The van der Waals surface area contributed by atoms with Gasteiger partial charge in [0.2, 0.25) is 0 Å². The van der Waals surface area contributed by atoms with Crippen LogP contribution < -0.4 is 15.7 Å². The second-order valence-electron chi connectivity index (χ2n) is 7.70. The van der Waals surface area contributed by atoms with Crippen molar-refractivity contribution in [2.24, 2.45) is 0 Å². The topological polar surface area (TPSA) is 131 Å². The molecule has 0 amide bonds. The van der Waals surface area contributed by atoms with Gasteiger partial charge in [0.25, 0.3) is 10.0 Å². The highest BCUT2D eigenvalue weighted by atomic mass is 32.2. The Bertz CT molecular complexity index is 1800. The Labute approximate surface area is 205 Å². The first-order chi connectivity index (χ1) is 17.4. The fraction of sp³-hybridized carbons (Fsp3) is 0. The van der Waals surface area contributed by atoms with Crippen molar-refractivity contribution in [1.29, 1.82) is 0 Å². The number of aromatic nitrogens is 2. The lowest BCUT2D eigenvalue weighted by Crippen LogP contribution is -2.14. The van der Waals surface area contributed by atoms with Gasteiger partial charge in [-0.15, -0.1) is 0 Å². The van der Waals surface area contributed by atoms with Crippen molar-refractivity contribution in [2.45, 2.75) is 4.90 Å². The third kappa shape index (κ3) is 4.84. The van der Waals surface area contributed by atoms with Gasteiger partial charge in [-0.05, 0) is 48.5 Å². The zero-order chi connectivity index (χ0) is 25.1. The van der Waals surface area contributed by atoms with E-state index in [1.54, 1.807) is 54.6 Å². The molecule has 0 atom stereocenters. The van der Waals surface area contributed by atoms with E-state index in [0.717, 1.165) is 0 Å². The molecule has 178 valence electrons. The number of fused-ring (bicyclic) bond motifs is 2. The van der Waals surface area contributed by atoms with Gasteiger partial charge >= 0.3 is 5.63 Å². The molecule has 5 aromatic rings. The molecular weight excluding hydrogens is 480 g/mol. The smallest absolute Gasteiger partial charge is 0.347 e. The summed E-state index contributed by atoms with van der Waals surface area (Å²) in [6.45, 7) is 0. The van der Waals surface area contributed by atoms with Crippen LogP contribution in [-0.2, 0) is 10.0 Å². The average molecular weight is 499 g/mol. The zero-order valence-electron chi connectivity index (χ0n) is 18.6. The van der Waals surface area contributed by atoms with Crippen LogP contribution in [0.2, 0.25) is 0 Å². The first kappa shape index (κ1) is 22.9. The van der Waals surface area contributed by atoms with E-state index in [0.29, 0.717) is 27.7 Å². The lowest BCUT2D eigenvalue weighted by Gasteiger charge is -2.08.